The van der Waals surface area contributed by atoms with E-state index >= 15 is 0 Å². The van der Waals surface area contributed by atoms with Crippen LogP contribution in [0.25, 0.3) is 11.2 Å². The van der Waals surface area contributed by atoms with Gasteiger partial charge in [-0.05, 0) is 39.0 Å². The first-order chi connectivity index (χ1) is 14.0. The monoisotopic (exact) mass is 419 g/mol. The van der Waals surface area contributed by atoms with Gasteiger partial charge in [0.15, 0.2) is 11.2 Å². The average Bonchev–Trinajstić information content (AvgIpc) is 3.42. The van der Waals surface area contributed by atoms with E-state index in [2.05, 4.69) is 9.97 Å². The molecule has 0 aliphatic heterocycles. The fourth-order valence-corrected chi connectivity index (χ4v) is 4.54. The van der Waals surface area contributed by atoms with Crippen molar-refractivity contribution in [3.05, 3.63) is 36.9 Å². The van der Waals surface area contributed by atoms with Crippen molar-refractivity contribution in [2.45, 2.75) is 58.2 Å². The van der Waals surface area contributed by atoms with E-state index in [4.69, 9.17) is 9.84 Å². The van der Waals surface area contributed by atoms with Crippen molar-refractivity contribution in [2.75, 3.05) is 6.61 Å². The average molecular weight is 420 g/mol. The highest BCUT2D eigenvalue weighted by molar-refractivity contribution is 7.09. The molecule has 0 radical (unpaired) electrons. The highest BCUT2D eigenvalue weighted by Gasteiger charge is 2.25. The Labute approximate surface area is 171 Å². The van der Waals surface area contributed by atoms with Crippen LogP contribution in [0.4, 0.5) is 0 Å². The maximum absolute atomic E-state index is 13.2. The third kappa shape index (κ3) is 3.74. The van der Waals surface area contributed by atoms with Crippen LogP contribution in [0.3, 0.4) is 0 Å². The summed E-state index contributed by atoms with van der Waals surface area (Å²) >= 11 is 1.51. The lowest BCUT2D eigenvalue weighted by molar-refractivity contribution is 0.186. The third-order valence-corrected chi connectivity index (χ3v) is 6.22. The molecule has 3 aromatic rings. The molecular weight excluding hydrogens is 394 g/mol. The summed E-state index contributed by atoms with van der Waals surface area (Å²) in [7, 11) is 1.60. The predicted octanol–water partition coefficient (Wildman–Crippen LogP) is 1.41. The molecule has 9 nitrogen and oxygen atoms in total. The van der Waals surface area contributed by atoms with E-state index in [1.807, 2.05) is 12.3 Å². The quantitative estimate of drug-likeness (QED) is 0.621. The minimum absolute atomic E-state index is 0.0669. The Hall–Kier alpha value is -2.46. The SMILES string of the molecule is Cc1csc(Cn2c(OC3CCCC3)nc3c2c(=O)n(CCCO)c(=O)n3C)n1. The van der Waals surface area contributed by atoms with E-state index in [1.54, 1.807) is 11.6 Å². The van der Waals surface area contributed by atoms with Gasteiger partial charge in [-0.15, -0.1) is 11.3 Å². The molecule has 3 aromatic heterocycles. The first-order valence-electron chi connectivity index (χ1n) is 9.88. The smallest absolute Gasteiger partial charge is 0.332 e. The Kier molecular flexibility index (Phi) is 5.55. The summed E-state index contributed by atoms with van der Waals surface area (Å²) in [4.78, 5) is 34.9. The van der Waals surface area contributed by atoms with E-state index in [0.717, 1.165) is 41.0 Å². The third-order valence-electron chi connectivity index (χ3n) is 5.27. The summed E-state index contributed by atoms with van der Waals surface area (Å²) in [5.41, 5.74) is 0.685. The number of imidazole rings is 1. The van der Waals surface area contributed by atoms with Crippen LogP contribution in [-0.2, 0) is 20.1 Å². The van der Waals surface area contributed by atoms with Crippen molar-refractivity contribution in [3.8, 4) is 6.01 Å². The number of aliphatic hydroxyl groups is 1. The molecule has 1 saturated carbocycles. The van der Waals surface area contributed by atoms with E-state index < -0.39 is 11.2 Å². The summed E-state index contributed by atoms with van der Waals surface area (Å²) in [5.74, 6) is 0. The predicted molar refractivity (Wildman–Crippen MR) is 110 cm³/mol. The fraction of sp³-hybridized carbons (Fsp3) is 0.579. The van der Waals surface area contributed by atoms with E-state index in [1.165, 1.54) is 15.9 Å². The zero-order valence-corrected chi connectivity index (χ0v) is 17.4. The molecule has 1 aliphatic rings. The standard InChI is InChI=1S/C19H25N5O4S/c1-12-11-29-14(20-12)10-24-15-16(21-18(24)28-13-6-3-4-7-13)22(2)19(27)23(17(15)26)8-5-9-25/h11,13,25H,3-10H2,1-2H3. The van der Waals surface area contributed by atoms with Crippen LogP contribution in [-0.4, -0.2) is 41.5 Å². The Morgan fingerprint density at radius 1 is 1.24 bits per heavy atom. The maximum Gasteiger partial charge on any atom is 0.332 e. The van der Waals surface area contributed by atoms with Crippen LogP contribution >= 0.6 is 11.3 Å². The first kappa shape index (κ1) is 19.8. The van der Waals surface area contributed by atoms with Gasteiger partial charge in [0.05, 0.1) is 6.54 Å². The van der Waals surface area contributed by atoms with Crippen LogP contribution in [0, 0.1) is 6.92 Å². The van der Waals surface area contributed by atoms with E-state index in [0.29, 0.717) is 30.1 Å². The molecule has 4 rings (SSSR count). The van der Waals surface area contributed by atoms with Crippen LogP contribution in [0.2, 0.25) is 0 Å². The molecule has 10 heteroatoms. The van der Waals surface area contributed by atoms with Gasteiger partial charge in [0.2, 0.25) is 0 Å². The molecule has 156 valence electrons. The molecule has 0 saturated heterocycles. The molecule has 1 aliphatic carbocycles. The molecular formula is C19H25N5O4S. The van der Waals surface area contributed by atoms with Crippen LogP contribution in [0.15, 0.2) is 15.0 Å². The van der Waals surface area contributed by atoms with Gasteiger partial charge < -0.3 is 9.84 Å². The summed E-state index contributed by atoms with van der Waals surface area (Å²) in [6.07, 6.45) is 4.54. The lowest BCUT2D eigenvalue weighted by atomic mass is 10.3. The minimum Gasteiger partial charge on any atom is -0.461 e. The molecule has 0 bridgehead atoms. The van der Waals surface area contributed by atoms with Crippen molar-refractivity contribution in [3.63, 3.8) is 0 Å². The van der Waals surface area contributed by atoms with Gasteiger partial charge in [-0.2, -0.15) is 4.98 Å². The minimum atomic E-state index is -0.446. The number of thiazole rings is 1. The molecule has 1 N–H and O–H groups in total. The molecule has 0 aromatic carbocycles. The summed E-state index contributed by atoms with van der Waals surface area (Å²) in [6, 6.07) is 0.353. The lowest BCUT2D eigenvalue weighted by Gasteiger charge is -2.13. The van der Waals surface area contributed by atoms with Crippen molar-refractivity contribution in [1.82, 2.24) is 23.7 Å². The van der Waals surface area contributed by atoms with Crippen LogP contribution in [0.1, 0.15) is 42.8 Å². The summed E-state index contributed by atoms with van der Waals surface area (Å²) < 4.78 is 10.4. The van der Waals surface area contributed by atoms with Crippen molar-refractivity contribution in [1.29, 1.82) is 0 Å². The number of nitrogens with zero attached hydrogens (tertiary/aromatic N) is 5. The number of aryl methyl sites for hydroxylation is 2. The maximum atomic E-state index is 13.2. The van der Waals surface area contributed by atoms with E-state index in [-0.39, 0.29) is 19.3 Å². The van der Waals surface area contributed by atoms with Gasteiger partial charge in [-0.1, -0.05) is 0 Å². The normalized spacial score (nSPS) is 14.9. The van der Waals surface area contributed by atoms with Gasteiger partial charge in [0, 0.05) is 31.3 Å². The van der Waals surface area contributed by atoms with Gasteiger partial charge in [-0.3, -0.25) is 18.5 Å². The highest BCUT2D eigenvalue weighted by atomic mass is 32.1. The second-order valence-corrected chi connectivity index (χ2v) is 8.38. The molecule has 0 atom stereocenters. The number of ether oxygens (including phenoxy) is 1. The molecule has 0 unspecified atom stereocenters. The molecule has 0 amide bonds. The fourth-order valence-electron chi connectivity index (χ4n) is 3.78. The highest BCUT2D eigenvalue weighted by Crippen LogP contribution is 2.27. The van der Waals surface area contributed by atoms with Crippen LogP contribution in [0.5, 0.6) is 6.01 Å². The number of aliphatic hydroxyl groups excluding tert-OH is 1. The molecule has 0 spiro atoms. The molecule has 29 heavy (non-hydrogen) atoms. The number of aromatic nitrogens is 5. The van der Waals surface area contributed by atoms with Gasteiger partial charge in [-0.25, -0.2) is 9.78 Å². The Morgan fingerprint density at radius 2 is 2.00 bits per heavy atom. The number of rotatable bonds is 7. The van der Waals surface area contributed by atoms with E-state index in [9.17, 15) is 9.59 Å². The topological polar surface area (TPSA) is 104 Å². The summed E-state index contributed by atoms with van der Waals surface area (Å²) in [6.45, 7) is 2.33. The number of hydrogen-bond acceptors (Lipinski definition) is 7. The van der Waals surface area contributed by atoms with Gasteiger partial charge in [0.25, 0.3) is 11.6 Å². The van der Waals surface area contributed by atoms with Crippen LogP contribution < -0.4 is 16.0 Å². The Morgan fingerprint density at radius 3 is 2.66 bits per heavy atom. The molecule has 3 heterocycles. The summed E-state index contributed by atoms with van der Waals surface area (Å²) in [5, 5.41) is 11.9. The zero-order valence-electron chi connectivity index (χ0n) is 16.6. The van der Waals surface area contributed by atoms with Crippen molar-refractivity contribution >= 4 is 22.5 Å². The lowest BCUT2D eigenvalue weighted by Crippen LogP contribution is -2.39. The number of fused-ring (bicyclic) bond motifs is 1. The second kappa shape index (κ2) is 8.11. The Balaban J connectivity index is 1.89. The second-order valence-electron chi connectivity index (χ2n) is 7.44. The zero-order chi connectivity index (χ0) is 20.5. The number of hydrogen-bond donors (Lipinski definition) is 1. The van der Waals surface area contributed by atoms with Gasteiger partial charge >= 0.3 is 5.69 Å². The van der Waals surface area contributed by atoms with Crippen molar-refractivity contribution in [2.24, 2.45) is 7.05 Å². The Bertz CT molecular complexity index is 1140. The largest absolute Gasteiger partial charge is 0.461 e. The first-order valence-corrected chi connectivity index (χ1v) is 10.8. The molecule has 1 fully saturated rings. The van der Waals surface area contributed by atoms with Crippen molar-refractivity contribution < 1.29 is 9.84 Å². The van der Waals surface area contributed by atoms with Gasteiger partial charge in [0.1, 0.15) is 11.1 Å².